The molecule has 0 saturated heterocycles. The number of pyridine rings is 1. The Balaban J connectivity index is 2.79. The van der Waals surface area contributed by atoms with E-state index in [2.05, 4.69) is 15.6 Å². The molecule has 1 aromatic rings. The molecular formula is C12H18N4O3. The van der Waals surface area contributed by atoms with Gasteiger partial charge in [0.2, 0.25) is 5.91 Å². The van der Waals surface area contributed by atoms with Gasteiger partial charge < -0.3 is 21.5 Å². The van der Waals surface area contributed by atoms with Crippen LogP contribution < -0.4 is 16.4 Å². The summed E-state index contributed by atoms with van der Waals surface area (Å²) in [6, 6.07) is 0.760. The Kier molecular flexibility index (Phi) is 5.11. The van der Waals surface area contributed by atoms with Crippen molar-refractivity contribution in [2.24, 2.45) is 0 Å². The van der Waals surface area contributed by atoms with Gasteiger partial charge in [-0.25, -0.2) is 9.78 Å². The van der Waals surface area contributed by atoms with Crippen LogP contribution in [0.3, 0.4) is 0 Å². The number of amides is 1. The van der Waals surface area contributed by atoms with E-state index in [4.69, 9.17) is 10.8 Å². The molecule has 1 unspecified atom stereocenters. The highest BCUT2D eigenvalue weighted by Gasteiger charge is 2.17. The molecule has 0 aliphatic carbocycles. The van der Waals surface area contributed by atoms with E-state index in [-0.39, 0.29) is 23.0 Å². The molecule has 0 aromatic carbocycles. The second-order valence-corrected chi connectivity index (χ2v) is 4.08. The highest BCUT2D eigenvalue weighted by atomic mass is 16.4. The van der Waals surface area contributed by atoms with Crippen LogP contribution >= 0.6 is 0 Å². The van der Waals surface area contributed by atoms with Crippen molar-refractivity contribution < 1.29 is 14.7 Å². The minimum atomic E-state index is -1.13. The fourth-order valence-corrected chi connectivity index (χ4v) is 1.45. The molecule has 0 spiro atoms. The van der Waals surface area contributed by atoms with Gasteiger partial charge in [0.05, 0.1) is 11.3 Å². The van der Waals surface area contributed by atoms with Crippen LogP contribution in [0.25, 0.3) is 0 Å². The number of aromatic carboxylic acids is 1. The summed E-state index contributed by atoms with van der Waals surface area (Å²) in [6.45, 7) is 4.19. The van der Waals surface area contributed by atoms with E-state index in [0.717, 1.165) is 6.42 Å². The van der Waals surface area contributed by atoms with Gasteiger partial charge in [-0.2, -0.15) is 0 Å². The third-order valence-electron chi connectivity index (χ3n) is 2.52. The number of hydrogen-bond donors (Lipinski definition) is 4. The van der Waals surface area contributed by atoms with E-state index in [9.17, 15) is 9.59 Å². The molecule has 0 bridgehead atoms. The minimum Gasteiger partial charge on any atom is -0.478 e. The summed E-state index contributed by atoms with van der Waals surface area (Å²) in [5.74, 6) is -1.13. The summed E-state index contributed by atoms with van der Waals surface area (Å²) in [6.07, 6.45) is 2.17. The van der Waals surface area contributed by atoms with Crippen LogP contribution in [0.15, 0.2) is 12.3 Å². The van der Waals surface area contributed by atoms with Crippen molar-refractivity contribution in [3.05, 3.63) is 17.8 Å². The molecule has 104 valence electrons. The van der Waals surface area contributed by atoms with Crippen molar-refractivity contribution >= 4 is 23.4 Å². The number of nitrogen functional groups attached to an aromatic ring is 1. The number of anilines is 2. The number of carboxylic acid groups (broad SMARTS) is 1. The Morgan fingerprint density at radius 1 is 1.53 bits per heavy atom. The predicted octanol–water partition coefficient (Wildman–Crippen LogP) is 0.689. The third-order valence-corrected chi connectivity index (χ3v) is 2.52. The third kappa shape index (κ3) is 3.84. The first-order valence-electron chi connectivity index (χ1n) is 5.99. The molecule has 19 heavy (non-hydrogen) atoms. The number of nitrogens with zero attached hydrogens (tertiary/aromatic N) is 1. The average Bonchev–Trinajstić information content (AvgIpc) is 2.37. The standard InChI is InChI=1S/C12H18N4O3/c1-3-5-15-11(17)7(2)16-10-9(13)8(12(18)19)4-6-14-10/h4,6-7H,3,5,13H2,1-2H3,(H,14,16)(H,15,17)(H,18,19). The molecular weight excluding hydrogens is 248 g/mol. The van der Waals surface area contributed by atoms with Gasteiger partial charge in [-0.1, -0.05) is 6.92 Å². The molecule has 7 heteroatoms. The van der Waals surface area contributed by atoms with Crippen LogP contribution in [-0.2, 0) is 4.79 Å². The Labute approximate surface area is 111 Å². The maximum atomic E-state index is 11.7. The van der Waals surface area contributed by atoms with Crippen molar-refractivity contribution in [2.45, 2.75) is 26.3 Å². The van der Waals surface area contributed by atoms with Crippen molar-refractivity contribution in [1.82, 2.24) is 10.3 Å². The fourth-order valence-electron chi connectivity index (χ4n) is 1.45. The Morgan fingerprint density at radius 2 is 2.21 bits per heavy atom. The summed E-state index contributed by atoms with van der Waals surface area (Å²) < 4.78 is 0. The lowest BCUT2D eigenvalue weighted by molar-refractivity contribution is -0.121. The summed E-state index contributed by atoms with van der Waals surface area (Å²) in [7, 11) is 0. The second kappa shape index (κ2) is 6.58. The molecule has 0 radical (unpaired) electrons. The van der Waals surface area contributed by atoms with Crippen LogP contribution in [0.4, 0.5) is 11.5 Å². The number of aromatic nitrogens is 1. The van der Waals surface area contributed by atoms with Gasteiger partial charge in [0.15, 0.2) is 5.82 Å². The van der Waals surface area contributed by atoms with Gasteiger partial charge in [-0.15, -0.1) is 0 Å². The van der Waals surface area contributed by atoms with Gasteiger partial charge in [0.1, 0.15) is 6.04 Å². The molecule has 7 nitrogen and oxygen atoms in total. The summed E-state index contributed by atoms with van der Waals surface area (Å²) in [4.78, 5) is 26.5. The van der Waals surface area contributed by atoms with Crippen molar-refractivity contribution in [2.75, 3.05) is 17.6 Å². The quantitative estimate of drug-likeness (QED) is 0.601. The van der Waals surface area contributed by atoms with E-state index in [0.29, 0.717) is 6.54 Å². The molecule has 0 fully saturated rings. The second-order valence-electron chi connectivity index (χ2n) is 4.08. The van der Waals surface area contributed by atoms with Crippen molar-refractivity contribution in [3.63, 3.8) is 0 Å². The van der Waals surface area contributed by atoms with Gasteiger partial charge in [-0.05, 0) is 19.4 Å². The molecule has 0 aliphatic heterocycles. The zero-order valence-electron chi connectivity index (χ0n) is 10.9. The lowest BCUT2D eigenvalue weighted by Gasteiger charge is -2.16. The van der Waals surface area contributed by atoms with Gasteiger partial charge in [0.25, 0.3) is 0 Å². The molecule has 5 N–H and O–H groups in total. The molecule has 0 saturated carbocycles. The van der Waals surface area contributed by atoms with E-state index in [1.807, 2.05) is 6.92 Å². The highest BCUT2D eigenvalue weighted by Crippen LogP contribution is 2.20. The first kappa shape index (κ1) is 14.7. The predicted molar refractivity (Wildman–Crippen MR) is 72.0 cm³/mol. The summed E-state index contributed by atoms with van der Waals surface area (Å²) in [5.41, 5.74) is 5.67. The summed E-state index contributed by atoms with van der Waals surface area (Å²) >= 11 is 0. The van der Waals surface area contributed by atoms with Crippen LogP contribution in [0.2, 0.25) is 0 Å². The number of carbonyl (C=O) groups is 2. The Hall–Kier alpha value is -2.31. The van der Waals surface area contributed by atoms with Crippen LogP contribution in [-0.4, -0.2) is 34.6 Å². The van der Waals surface area contributed by atoms with Gasteiger partial charge >= 0.3 is 5.97 Å². The first-order chi connectivity index (χ1) is 8.97. The van der Waals surface area contributed by atoms with Crippen LogP contribution in [0, 0.1) is 0 Å². The van der Waals surface area contributed by atoms with E-state index < -0.39 is 12.0 Å². The molecule has 1 amide bonds. The Morgan fingerprint density at radius 3 is 2.79 bits per heavy atom. The molecule has 1 aromatic heterocycles. The largest absolute Gasteiger partial charge is 0.478 e. The topological polar surface area (TPSA) is 117 Å². The maximum absolute atomic E-state index is 11.7. The zero-order chi connectivity index (χ0) is 14.4. The molecule has 1 heterocycles. The zero-order valence-corrected chi connectivity index (χ0v) is 10.9. The number of carboxylic acids is 1. The van der Waals surface area contributed by atoms with E-state index >= 15 is 0 Å². The summed E-state index contributed by atoms with van der Waals surface area (Å²) in [5, 5.41) is 14.5. The minimum absolute atomic E-state index is 0.0186. The SMILES string of the molecule is CCCNC(=O)C(C)Nc1nccc(C(=O)O)c1N. The van der Waals surface area contributed by atoms with Crippen molar-refractivity contribution in [1.29, 1.82) is 0 Å². The number of nitrogens with two attached hydrogens (primary N) is 1. The van der Waals surface area contributed by atoms with Crippen LogP contribution in [0.1, 0.15) is 30.6 Å². The van der Waals surface area contributed by atoms with Crippen molar-refractivity contribution in [3.8, 4) is 0 Å². The van der Waals surface area contributed by atoms with E-state index in [1.165, 1.54) is 12.3 Å². The van der Waals surface area contributed by atoms with E-state index in [1.54, 1.807) is 6.92 Å². The maximum Gasteiger partial charge on any atom is 0.337 e. The highest BCUT2D eigenvalue weighted by molar-refractivity contribution is 5.96. The lowest BCUT2D eigenvalue weighted by atomic mass is 10.2. The smallest absolute Gasteiger partial charge is 0.337 e. The first-order valence-corrected chi connectivity index (χ1v) is 5.99. The number of carbonyl (C=O) groups excluding carboxylic acids is 1. The number of hydrogen-bond acceptors (Lipinski definition) is 5. The van der Waals surface area contributed by atoms with Gasteiger partial charge in [-0.3, -0.25) is 4.79 Å². The normalized spacial score (nSPS) is 11.7. The lowest BCUT2D eigenvalue weighted by Crippen LogP contribution is -2.38. The Bertz CT molecular complexity index is 476. The fraction of sp³-hybridized carbons (Fsp3) is 0.417. The molecule has 0 aliphatic rings. The number of nitrogens with one attached hydrogen (secondary N) is 2. The number of rotatable bonds is 6. The van der Waals surface area contributed by atoms with Crippen LogP contribution in [0.5, 0.6) is 0 Å². The average molecular weight is 266 g/mol. The molecule has 1 rings (SSSR count). The van der Waals surface area contributed by atoms with Gasteiger partial charge in [0, 0.05) is 12.7 Å². The molecule has 1 atom stereocenters. The monoisotopic (exact) mass is 266 g/mol.